The Hall–Kier alpha value is -3.49. The smallest absolute Gasteiger partial charge is 0.268 e. The van der Waals surface area contributed by atoms with Crippen LogP contribution < -0.4 is 14.2 Å². The molecule has 0 bridgehead atoms. The monoisotopic (exact) mass is 480 g/mol. The molecule has 0 radical (unpaired) electrons. The number of hydrogen-bond acceptors (Lipinski definition) is 6. The Morgan fingerprint density at radius 1 is 0.853 bits per heavy atom. The second kappa shape index (κ2) is 9.79. The van der Waals surface area contributed by atoms with Crippen LogP contribution in [0, 0.1) is 0 Å². The molecular formula is C26H28N2O5S. The van der Waals surface area contributed by atoms with Gasteiger partial charge in [0.25, 0.3) is 10.0 Å². The number of aromatic nitrogens is 1. The van der Waals surface area contributed by atoms with Gasteiger partial charge < -0.3 is 19.1 Å². The molecule has 8 heteroatoms. The maximum absolute atomic E-state index is 14.1. The SMILES string of the molecule is COc1ccc(S(=O)(=O)n2c(-c3ccccc3)c(OCCN(C)C)c3ccccc32)cc1OC. The van der Waals surface area contributed by atoms with Gasteiger partial charge >= 0.3 is 0 Å². The van der Waals surface area contributed by atoms with Gasteiger partial charge in [0.05, 0.1) is 24.6 Å². The maximum atomic E-state index is 14.1. The summed E-state index contributed by atoms with van der Waals surface area (Å²) in [7, 11) is 2.89. The van der Waals surface area contributed by atoms with Crippen LogP contribution >= 0.6 is 0 Å². The highest BCUT2D eigenvalue weighted by molar-refractivity contribution is 7.90. The number of ether oxygens (including phenoxy) is 3. The minimum atomic E-state index is -4.03. The fraction of sp³-hybridized carbons (Fsp3) is 0.231. The van der Waals surface area contributed by atoms with Crippen LogP contribution in [0.2, 0.25) is 0 Å². The van der Waals surface area contributed by atoms with E-state index < -0.39 is 10.0 Å². The first kappa shape index (κ1) is 23.7. The Morgan fingerprint density at radius 3 is 2.21 bits per heavy atom. The lowest BCUT2D eigenvalue weighted by atomic mass is 10.1. The van der Waals surface area contributed by atoms with Crippen molar-refractivity contribution in [3.63, 3.8) is 0 Å². The maximum Gasteiger partial charge on any atom is 0.268 e. The fourth-order valence-electron chi connectivity index (χ4n) is 3.84. The van der Waals surface area contributed by atoms with Gasteiger partial charge in [-0.1, -0.05) is 42.5 Å². The molecule has 0 unspecified atom stereocenters. The molecule has 0 N–H and O–H groups in total. The van der Waals surface area contributed by atoms with Crippen LogP contribution in [-0.4, -0.2) is 58.8 Å². The summed E-state index contributed by atoms with van der Waals surface area (Å²) in [6, 6.07) is 21.4. The van der Waals surface area contributed by atoms with Crippen molar-refractivity contribution in [2.75, 3.05) is 41.5 Å². The van der Waals surface area contributed by atoms with Crippen molar-refractivity contribution in [3.8, 4) is 28.5 Å². The zero-order chi connectivity index (χ0) is 24.3. The zero-order valence-electron chi connectivity index (χ0n) is 19.7. The van der Waals surface area contributed by atoms with E-state index in [1.807, 2.05) is 67.5 Å². The predicted octanol–water partition coefficient (Wildman–Crippen LogP) is 4.50. The third-order valence-corrected chi connectivity index (χ3v) is 7.22. The molecule has 1 aromatic heterocycles. The Kier molecular flexibility index (Phi) is 6.81. The van der Waals surface area contributed by atoms with Crippen molar-refractivity contribution in [3.05, 3.63) is 72.8 Å². The van der Waals surface area contributed by atoms with E-state index in [1.165, 1.54) is 30.3 Å². The highest BCUT2D eigenvalue weighted by atomic mass is 32.2. The standard InChI is InChI=1S/C26H28N2O5S/c1-27(2)16-17-33-26-21-12-8-9-13-22(21)28(25(26)19-10-6-5-7-11-19)34(29,30)20-14-15-23(31-3)24(18-20)32-4/h5-15,18H,16-17H2,1-4H3. The molecule has 0 saturated heterocycles. The summed E-state index contributed by atoms with van der Waals surface area (Å²) in [6.45, 7) is 1.10. The van der Waals surface area contributed by atoms with Crippen LogP contribution in [0.4, 0.5) is 0 Å². The summed E-state index contributed by atoms with van der Waals surface area (Å²) in [6.07, 6.45) is 0. The van der Waals surface area contributed by atoms with Gasteiger partial charge in [-0.25, -0.2) is 12.4 Å². The van der Waals surface area contributed by atoms with Crippen molar-refractivity contribution in [2.24, 2.45) is 0 Å². The van der Waals surface area contributed by atoms with E-state index in [9.17, 15) is 8.42 Å². The molecule has 4 rings (SSSR count). The molecule has 1 heterocycles. The molecule has 0 aliphatic carbocycles. The second-order valence-corrected chi connectivity index (χ2v) is 9.79. The molecule has 178 valence electrons. The van der Waals surface area contributed by atoms with Crippen LogP contribution in [-0.2, 0) is 10.0 Å². The third kappa shape index (κ3) is 4.34. The molecule has 0 amide bonds. The lowest BCUT2D eigenvalue weighted by Gasteiger charge is -2.16. The first-order valence-corrected chi connectivity index (χ1v) is 12.3. The van der Waals surface area contributed by atoms with Crippen molar-refractivity contribution in [2.45, 2.75) is 4.90 Å². The lowest BCUT2D eigenvalue weighted by Crippen LogP contribution is -2.19. The molecule has 0 aliphatic heterocycles. The molecule has 7 nitrogen and oxygen atoms in total. The Morgan fingerprint density at radius 2 is 1.53 bits per heavy atom. The summed E-state index contributed by atoms with van der Waals surface area (Å²) < 4.78 is 46.5. The molecule has 0 spiro atoms. The number of hydrogen-bond donors (Lipinski definition) is 0. The molecule has 0 fully saturated rings. The van der Waals surface area contributed by atoms with E-state index in [2.05, 4.69) is 0 Å². The van der Waals surface area contributed by atoms with Crippen molar-refractivity contribution < 1.29 is 22.6 Å². The van der Waals surface area contributed by atoms with Gasteiger partial charge in [-0.05, 0) is 38.4 Å². The van der Waals surface area contributed by atoms with Crippen LogP contribution in [0.3, 0.4) is 0 Å². The lowest BCUT2D eigenvalue weighted by molar-refractivity contribution is 0.264. The first-order valence-electron chi connectivity index (χ1n) is 10.8. The van der Waals surface area contributed by atoms with E-state index in [0.29, 0.717) is 41.6 Å². The Balaban J connectivity index is 2.00. The van der Waals surface area contributed by atoms with Crippen molar-refractivity contribution in [1.82, 2.24) is 8.87 Å². The summed E-state index contributed by atoms with van der Waals surface area (Å²) in [5.74, 6) is 1.33. The van der Waals surface area contributed by atoms with Gasteiger partial charge in [-0.3, -0.25) is 0 Å². The van der Waals surface area contributed by atoms with Gasteiger partial charge in [0.2, 0.25) is 0 Å². The van der Waals surface area contributed by atoms with Gasteiger partial charge in [0.15, 0.2) is 17.2 Å². The number of nitrogens with zero attached hydrogens (tertiary/aromatic N) is 2. The number of methoxy groups -OCH3 is 2. The number of fused-ring (bicyclic) bond motifs is 1. The molecular weight excluding hydrogens is 452 g/mol. The Bertz CT molecular complexity index is 1400. The average molecular weight is 481 g/mol. The minimum absolute atomic E-state index is 0.0860. The number of likely N-dealkylation sites (N-methyl/N-ethyl adjacent to an activating group) is 1. The third-order valence-electron chi connectivity index (χ3n) is 5.51. The summed E-state index contributed by atoms with van der Waals surface area (Å²) >= 11 is 0. The van der Waals surface area contributed by atoms with E-state index in [4.69, 9.17) is 14.2 Å². The van der Waals surface area contributed by atoms with Crippen LogP contribution in [0.1, 0.15) is 0 Å². The molecule has 0 saturated carbocycles. The largest absolute Gasteiger partial charge is 0.493 e. The fourth-order valence-corrected chi connectivity index (χ4v) is 5.39. The van der Waals surface area contributed by atoms with Crippen LogP contribution in [0.15, 0.2) is 77.7 Å². The van der Waals surface area contributed by atoms with Gasteiger partial charge in [-0.2, -0.15) is 0 Å². The van der Waals surface area contributed by atoms with Crippen LogP contribution in [0.25, 0.3) is 22.2 Å². The van der Waals surface area contributed by atoms with Crippen molar-refractivity contribution in [1.29, 1.82) is 0 Å². The Labute approximate surface area is 200 Å². The highest BCUT2D eigenvalue weighted by Crippen LogP contribution is 2.43. The van der Waals surface area contributed by atoms with E-state index in [-0.39, 0.29) is 4.90 Å². The van der Waals surface area contributed by atoms with E-state index in [1.54, 1.807) is 12.1 Å². The minimum Gasteiger partial charge on any atom is -0.493 e. The number of para-hydroxylation sites is 1. The molecule has 0 aliphatic rings. The van der Waals surface area contributed by atoms with Gasteiger partial charge in [-0.15, -0.1) is 0 Å². The summed E-state index contributed by atoms with van der Waals surface area (Å²) in [5, 5.41) is 0.726. The van der Waals surface area contributed by atoms with Crippen LogP contribution in [0.5, 0.6) is 17.2 Å². The number of rotatable bonds is 9. The highest BCUT2D eigenvalue weighted by Gasteiger charge is 2.29. The van der Waals surface area contributed by atoms with Gasteiger partial charge in [0.1, 0.15) is 12.3 Å². The topological polar surface area (TPSA) is 70.0 Å². The second-order valence-electron chi connectivity index (χ2n) is 8.00. The molecule has 34 heavy (non-hydrogen) atoms. The average Bonchev–Trinajstić information content (AvgIpc) is 3.19. The summed E-state index contributed by atoms with van der Waals surface area (Å²) in [5.41, 5.74) is 1.76. The zero-order valence-corrected chi connectivity index (χ0v) is 20.5. The first-order chi connectivity index (χ1) is 16.4. The van der Waals surface area contributed by atoms with E-state index in [0.717, 1.165) is 10.9 Å². The predicted molar refractivity (Wildman–Crippen MR) is 134 cm³/mol. The van der Waals surface area contributed by atoms with Gasteiger partial charge in [0, 0.05) is 23.6 Å². The quantitative estimate of drug-likeness (QED) is 0.351. The molecule has 0 atom stereocenters. The number of benzene rings is 3. The molecule has 3 aromatic carbocycles. The molecule has 4 aromatic rings. The van der Waals surface area contributed by atoms with Crippen molar-refractivity contribution >= 4 is 20.9 Å². The summed E-state index contributed by atoms with van der Waals surface area (Å²) in [4.78, 5) is 2.10. The van der Waals surface area contributed by atoms with E-state index >= 15 is 0 Å². The normalized spacial score (nSPS) is 11.7.